The molecular weight excluding hydrogens is 527 g/mol. The third-order valence-corrected chi connectivity index (χ3v) is 6.94. The van der Waals surface area contributed by atoms with Gasteiger partial charge in [0.15, 0.2) is 0 Å². The Bertz CT molecular complexity index is 1350. The summed E-state index contributed by atoms with van der Waals surface area (Å²) in [6.45, 7) is 9.76. The third-order valence-electron chi connectivity index (χ3n) is 6.94. The number of halogens is 3. The van der Waals surface area contributed by atoms with E-state index >= 15 is 0 Å². The Labute approximate surface area is 240 Å². The zero-order valence-electron chi connectivity index (χ0n) is 24.1. The lowest BCUT2D eigenvalue weighted by atomic mass is 10.1. The minimum absolute atomic E-state index is 0.0364. The minimum atomic E-state index is -4.76. The number of likely N-dealkylation sites (N-methyl/N-ethyl adjacent to an activating group) is 1. The van der Waals surface area contributed by atoms with Crippen LogP contribution in [0.3, 0.4) is 0 Å². The van der Waals surface area contributed by atoms with Gasteiger partial charge >= 0.3 is 6.18 Å². The number of likely N-dealkylation sites (tertiary alicyclic amines) is 1. The molecule has 1 aliphatic rings. The fourth-order valence-corrected chi connectivity index (χ4v) is 4.58. The highest BCUT2D eigenvalue weighted by molar-refractivity contribution is 5.98. The summed E-state index contributed by atoms with van der Waals surface area (Å²) in [6.07, 6.45) is 10.3. The average molecular weight is 568 g/mol. The number of alkyl halides is 3. The molecule has 0 atom stereocenters. The van der Waals surface area contributed by atoms with Crippen molar-refractivity contribution >= 4 is 22.5 Å². The number of nitrogens with zero attached hydrogens (tertiary/aromatic N) is 3. The van der Waals surface area contributed by atoms with Crippen molar-refractivity contribution in [3.8, 4) is 0 Å². The Morgan fingerprint density at radius 2 is 1.95 bits per heavy atom. The molecule has 3 rings (SSSR count). The molecule has 1 aromatic carbocycles. The van der Waals surface area contributed by atoms with E-state index in [1.165, 1.54) is 19.0 Å². The molecule has 2 aromatic rings. The maximum atomic E-state index is 13.7. The molecule has 1 aliphatic heterocycles. The van der Waals surface area contributed by atoms with Crippen LogP contribution in [0, 0.1) is 0 Å². The number of pyridine rings is 1. The smallest absolute Gasteiger partial charge is 0.383 e. The molecule has 0 saturated carbocycles. The summed E-state index contributed by atoms with van der Waals surface area (Å²) in [7, 11) is 1.65. The minimum Gasteiger partial charge on any atom is -0.383 e. The van der Waals surface area contributed by atoms with E-state index in [9.17, 15) is 18.0 Å². The summed E-state index contributed by atoms with van der Waals surface area (Å²) in [4.78, 5) is 21.0. The van der Waals surface area contributed by atoms with Crippen molar-refractivity contribution < 1.29 is 18.0 Å². The number of benzene rings is 1. The first kappa shape index (κ1) is 31.5. The van der Waals surface area contributed by atoms with Gasteiger partial charge in [-0.05, 0) is 60.9 Å². The second kappa shape index (κ2) is 14.6. The number of carbonyl (C=O) groups is 1. The van der Waals surface area contributed by atoms with Gasteiger partial charge in [0.2, 0.25) is 0 Å². The second-order valence-corrected chi connectivity index (χ2v) is 10.3. The molecule has 6 nitrogen and oxygen atoms in total. The molecule has 2 heterocycles. The molecule has 1 amide bonds. The number of amides is 1. The molecule has 220 valence electrons. The van der Waals surface area contributed by atoms with Crippen LogP contribution in [0.25, 0.3) is 10.8 Å². The third kappa shape index (κ3) is 9.27. The SMILES string of the molecule is C=C(/C(=C\N(C)CC(/C=C\CCC)=C/C=C(\C)N1CCCC1)C(=O)NCc1ccc2c(N)nccc2c1)C(F)(F)F. The summed E-state index contributed by atoms with van der Waals surface area (Å²) in [5.74, 6) is -0.474. The van der Waals surface area contributed by atoms with Crippen molar-refractivity contribution in [3.05, 3.63) is 95.5 Å². The number of hydrogen-bond acceptors (Lipinski definition) is 5. The second-order valence-electron chi connectivity index (χ2n) is 10.3. The lowest BCUT2D eigenvalue weighted by molar-refractivity contribution is -0.120. The average Bonchev–Trinajstić information content (AvgIpc) is 3.48. The van der Waals surface area contributed by atoms with Gasteiger partial charge in [-0.15, -0.1) is 0 Å². The lowest BCUT2D eigenvalue weighted by Gasteiger charge is -2.20. The van der Waals surface area contributed by atoms with E-state index in [1.54, 1.807) is 36.3 Å². The van der Waals surface area contributed by atoms with Gasteiger partial charge in [0.1, 0.15) is 5.82 Å². The van der Waals surface area contributed by atoms with Gasteiger partial charge < -0.3 is 20.9 Å². The van der Waals surface area contributed by atoms with Gasteiger partial charge in [-0.3, -0.25) is 4.79 Å². The Morgan fingerprint density at radius 1 is 1.22 bits per heavy atom. The molecule has 3 N–H and O–H groups in total. The van der Waals surface area contributed by atoms with Crippen molar-refractivity contribution in [2.24, 2.45) is 0 Å². The fraction of sp³-hybridized carbons (Fsp3) is 0.375. The Kier molecular flexibility index (Phi) is 11.2. The molecule has 0 spiro atoms. The van der Waals surface area contributed by atoms with Crippen LogP contribution in [-0.4, -0.2) is 53.5 Å². The van der Waals surface area contributed by atoms with Gasteiger partial charge in [0.25, 0.3) is 5.91 Å². The van der Waals surface area contributed by atoms with Crippen LogP contribution in [0.5, 0.6) is 0 Å². The van der Waals surface area contributed by atoms with E-state index in [4.69, 9.17) is 5.73 Å². The maximum absolute atomic E-state index is 13.7. The number of aromatic nitrogens is 1. The van der Waals surface area contributed by atoms with Gasteiger partial charge in [-0.2, -0.15) is 13.2 Å². The Morgan fingerprint density at radius 3 is 2.63 bits per heavy atom. The van der Waals surface area contributed by atoms with Crippen molar-refractivity contribution in [1.82, 2.24) is 20.1 Å². The largest absolute Gasteiger partial charge is 0.416 e. The molecule has 0 bridgehead atoms. The Balaban J connectivity index is 1.80. The Hall–Kier alpha value is -4.01. The molecule has 0 aliphatic carbocycles. The molecule has 0 unspecified atom stereocenters. The predicted octanol–water partition coefficient (Wildman–Crippen LogP) is 6.65. The number of hydrogen-bond donors (Lipinski definition) is 2. The summed E-state index contributed by atoms with van der Waals surface area (Å²) < 4.78 is 41.2. The molecule has 41 heavy (non-hydrogen) atoms. The quantitative estimate of drug-likeness (QED) is 0.222. The highest BCUT2D eigenvalue weighted by Crippen LogP contribution is 2.30. The van der Waals surface area contributed by atoms with Crippen LogP contribution >= 0.6 is 0 Å². The highest BCUT2D eigenvalue weighted by atomic mass is 19.4. The van der Waals surface area contributed by atoms with E-state index in [1.807, 2.05) is 24.3 Å². The van der Waals surface area contributed by atoms with E-state index in [2.05, 4.69) is 41.7 Å². The van der Waals surface area contributed by atoms with E-state index in [0.717, 1.165) is 48.0 Å². The van der Waals surface area contributed by atoms with Gasteiger partial charge in [-0.1, -0.05) is 50.3 Å². The number of rotatable bonds is 12. The number of allylic oxidation sites excluding steroid dienone is 4. The number of fused-ring (bicyclic) bond motifs is 1. The number of anilines is 1. The first-order valence-electron chi connectivity index (χ1n) is 13.9. The first-order valence-corrected chi connectivity index (χ1v) is 13.9. The maximum Gasteiger partial charge on any atom is 0.416 e. The summed E-state index contributed by atoms with van der Waals surface area (Å²) in [5.41, 5.74) is 6.95. The van der Waals surface area contributed by atoms with Crippen molar-refractivity contribution in [1.29, 1.82) is 0 Å². The number of nitrogen functional groups attached to an aromatic ring is 1. The van der Waals surface area contributed by atoms with Crippen LogP contribution in [0.4, 0.5) is 19.0 Å². The molecule has 0 radical (unpaired) electrons. The molecule has 1 fully saturated rings. The standard InChI is InChI=1S/C32H40F3N5O/c1-5-6-7-10-25(12-11-23(2)40-17-8-9-18-40)21-39(4)22-29(24(3)32(33,34)35)31(41)38-20-26-13-14-28-27(19-26)15-16-37-30(28)36/h7,10-16,19,22H,3,5-6,8-9,17-18,20-21H2,1-2,4H3,(H2,36,37)(H,38,41)/b10-7-,23-11+,25-12+,29-22+. The fourth-order valence-electron chi connectivity index (χ4n) is 4.58. The van der Waals surface area contributed by atoms with Crippen LogP contribution in [0.1, 0.15) is 45.1 Å². The van der Waals surface area contributed by atoms with Crippen molar-refractivity contribution in [3.63, 3.8) is 0 Å². The van der Waals surface area contributed by atoms with Crippen LogP contribution < -0.4 is 11.1 Å². The summed E-state index contributed by atoms with van der Waals surface area (Å²) in [5, 5.41) is 4.20. The van der Waals surface area contributed by atoms with Crippen LogP contribution in [0.15, 0.2) is 90.0 Å². The number of carbonyl (C=O) groups excluding carboxylic acids is 1. The van der Waals surface area contributed by atoms with Gasteiger partial charge in [-0.25, -0.2) is 4.98 Å². The number of unbranched alkanes of at least 4 members (excludes halogenated alkanes) is 1. The van der Waals surface area contributed by atoms with Crippen LogP contribution in [0.2, 0.25) is 0 Å². The molecular formula is C32H40F3N5O. The zero-order chi connectivity index (χ0) is 30.0. The molecule has 9 heteroatoms. The topological polar surface area (TPSA) is 74.5 Å². The number of nitrogens with one attached hydrogen (secondary N) is 1. The monoisotopic (exact) mass is 567 g/mol. The molecule has 1 aromatic heterocycles. The molecule has 1 saturated heterocycles. The van der Waals surface area contributed by atoms with Crippen molar-refractivity contribution in [2.75, 3.05) is 32.4 Å². The van der Waals surface area contributed by atoms with E-state index < -0.39 is 23.2 Å². The normalized spacial score (nSPS) is 15.2. The van der Waals surface area contributed by atoms with Gasteiger partial charge in [0, 0.05) is 56.7 Å². The predicted molar refractivity (Wildman–Crippen MR) is 161 cm³/mol. The van der Waals surface area contributed by atoms with E-state index in [0.29, 0.717) is 17.9 Å². The number of nitrogens with two attached hydrogens (primary N) is 1. The highest BCUT2D eigenvalue weighted by Gasteiger charge is 2.37. The van der Waals surface area contributed by atoms with Crippen molar-refractivity contribution in [2.45, 2.75) is 52.3 Å². The lowest BCUT2D eigenvalue weighted by Crippen LogP contribution is -2.30. The van der Waals surface area contributed by atoms with Crippen LogP contribution in [-0.2, 0) is 11.3 Å². The van der Waals surface area contributed by atoms with Gasteiger partial charge in [0.05, 0.1) is 11.1 Å². The first-order chi connectivity index (χ1) is 19.5. The summed E-state index contributed by atoms with van der Waals surface area (Å²) >= 11 is 0. The van der Waals surface area contributed by atoms with E-state index in [-0.39, 0.29) is 6.54 Å². The zero-order valence-corrected chi connectivity index (χ0v) is 24.1. The summed E-state index contributed by atoms with van der Waals surface area (Å²) in [6, 6.07) is 7.13.